The fourth-order valence-corrected chi connectivity index (χ4v) is 6.14. The summed E-state index contributed by atoms with van der Waals surface area (Å²) in [5.41, 5.74) is 8.81. The van der Waals surface area contributed by atoms with E-state index in [1.165, 1.54) is 0 Å². The molecule has 2 amide bonds. The number of fused-ring (bicyclic) bond motifs is 1. The fourth-order valence-electron chi connectivity index (χ4n) is 6.14. The number of anilines is 1. The number of hydrogen-bond acceptors (Lipinski definition) is 3. The van der Waals surface area contributed by atoms with E-state index in [0.717, 1.165) is 41.4 Å². The minimum atomic E-state index is -0.572. The summed E-state index contributed by atoms with van der Waals surface area (Å²) in [7, 11) is 1.99. The summed E-state index contributed by atoms with van der Waals surface area (Å²) in [5, 5.41) is 4.16. The van der Waals surface area contributed by atoms with Crippen molar-refractivity contribution in [3.63, 3.8) is 0 Å². The first kappa shape index (κ1) is 24.5. The van der Waals surface area contributed by atoms with E-state index in [-0.39, 0.29) is 29.6 Å². The number of benzene rings is 2. The van der Waals surface area contributed by atoms with Crippen LogP contribution in [0.25, 0.3) is 10.9 Å². The van der Waals surface area contributed by atoms with Crippen molar-refractivity contribution >= 4 is 28.4 Å². The molecule has 1 aliphatic carbocycles. The Balaban J connectivity index is 1.36. The molecule has 2 fully saturated rings. The monoisotopic (exact) mass is 490 g/mol. The normalized spacial score (nSPS) is 25.1. The van der Waals surface area contributed by atoms with Crippen molar-refractivity contribution in [1.29, 1.82) is 0 Å². The van der Waals surface area contributed by atoms with Crippen molar-refractivity contribution in [1.82, 2.24) is 9.47 Å². The molecule has 0 bridgehead atoms. The summed E-state index contributed by atoms with van der Waals surface area (Å²) in [4.78, 5) is 29.3. The van der Waals surface area contributed by atoms with Gasteiger partial charge in [-0.05, 0) is 67.9 Å². The van der Waals surface area contributed by atoms with E-state index in [4.69, 9.17) is 5.73 Å². The number of aromatic nitrogens is 1. The van der Waals surface area contributed by atoms with Gasteiger partial charge < -0.3 is 20.5 Å². The van der Waals surface area contributed by atoms with Gasteiger partial charge in [-0.1, -0.05) is 30.3 Å². The van der Waals surface area contributed by atoms with Gasteiger partial charge in [0, 0.05) is 54.3 Å². The summed E-state index contributed by atoms with van der Waals surface area (Å²) in [6, 6.07) is 16.9. The van der Waals surface area contributed by atoms with E-state index in [1.54, 1.807) is 4.90 Å². The van der Waals surface area contributed by atoms with Crippen LogP contribution in [0.1, 0.15) is 43.6 Å². The molecule has 6 nitrogen and oxygen atoms in total. The van der Waals surface area contributed by atoms with Crippen LogP contribution in [0, 0.1) is 11.8 Å². The van der Waals surface area contributed by atoms with Crippen LogP contribution in [0.4, 0.5) is 10.1 Å². The highest BCUT2D eigenvalue weighted by atomic mass is 19.1. The molecule has 2 aromatic carbocycles. The molecule has 3 N–H and O–H groups in total. The molecule has 1 saturated heterocycles. The van der Waals surface area contributed by atoms with Crippen LogP contribution in [0.15, 0.2) is 60.8 Å². The lowest BCUT2D eigenvalue weighted by molar-refractivity contribution is -0.141. The quantitative estimate of drug-likeness (QED) is 0.530. The maximum Gasteiger partial charge on any atom is 0.247 e. The topological polar surface area (TPSA) is 80.4 Å². The molecule has 36 heavy (non-hydrogen) atoms. The number of likely N-dealkylation sites (tertiary alicyclic amines) is 1. The molecule has 2 aliphatic rings. The first-order valence-corrected chi connectivity index (χ1v) is 13.0. The second-order valence-electron chi connectivity index (χ2n) is 10.4. The third kappa shape index (κ3) is 4.76. The SMILES string of the molecule is Cn1ccc2cc(NC(=O)[C@@H]3[C@H](c4ccccc4)CCN3C(=O)C3CCC([C@H](N)CF)CC3)ccc21. The van der Waals surface area contributed by atoms with Gasteiger partial charge >= 0.3 is 0 Å². The van der Waals surface area contributed by atoms with Crippen molar-refractivity contribution in [2.75, 3.05) is 18.5 Å². The molecular formula is C29H35FN4O2. The lowest BCUT2D eigenvalue weighted by atomic mass is 9.78. The third-order valence-electron chi connectivity index (χ3n) is 8.23. The summed E-state index contributed by atoms with van der Waals surface area (Å²) in [6.07, 6.45) is 5.64. The average molecular weight is 491 g/mol. The predicted molar refractivity (Wildman–Crippen MR) is 140 cm³/mol. The van der Waals surface area contributed by atoms with Gasteiger partial charge in [-0.15, -0.1) is 0 Å². The van der Waals surface area contributed by atoms with E-state index in [0.29, 0.717) is 19.4 Å². The average Bonchev–Trinajstić information content (AvgIpc) is 3.52. The van der Waals surface area contributed by atoms with Gasteiger partial charge in [-0.2, -0.15) is 0 Å². The van der Waals surface area contributed by atoms with Crippen LogP contribution in [-0.2, 0) is 16.6 Å². The molecule has 1 aromatic heterocycles. The largest absolute Gasteiger partial charge is 0.351 e. The maximum atomic E-state index is 13.7. The number of carbonyl (C=O) groups is 2. The number of nitrogens with zero attached hydrogens (tertiary/aromatic N) is 2. The lowest BCUT2D eigenvalue weighted by Crippen LogP contribution is -2.48. The number of nitrogens with one attached hydrogen (secondary N) is 1. The predicted octanol–water partition coefficient (Wildman–Crippen LogP) is 4.60. The Morgan fingerprint density at radius 2 is 1.81 bits per heavy atom. The highest BCUT2D eigenvalue weighted by Gasteiger charge is 2.44. The summed E-state index contributed by atoms with van der Waals surface area (Å²) in [5.74, 6) is -0.190. The van der Waals surface area contributed by atoms with E-state index >= 15 is 0 Å². The van der Waals surface area contributed by atoms with Crippen molar-refractivity contribution in [2.24, 2.45) is 24.6 Å². The molecule has 7 heteroatoms. The van der Waals surface area contributed by atoms with Gasteiger partial charge in [-0.25, -0.2) is 4.39 Å². The van der Waals surface area contributed by atoms with Gasteiger partial charge in [0.1, 0.15) is 12.7 Å². The van der Waals surface area contributed by atoms with Crippen LogP contribution in [0.3, 0.4) is 0 Å². The molecule has 190 valence electrons. The zero-order chi connectivity index (χ0) is 25.2. The Labute approximate surface area is 211 Å². The van der Waals surface area contributed by atoms with E-state index < -0.39 is 18.8 Å². The number of alkyl halides is 1. The number of nitrogens with two attached hydrogens (primary N) is 1. The van der Waals surface area contributed by atoms with Crippen LogP contribution < -0.4 is 11.1 Å². The number of hydrogen-bond donors (Lipinski definition) is 2. The van der Waals surface area contributed by atoms with Crippen molar-refractivity contribution in [3.05, 3.63) is 66.4 Å². The first-order valence-electron chi connectivity index (χ1n) is 13.0. The van der Waals surface area contributed by atoms with Crippen molar-refractivity contribution in [3.8, 4) is 0 Å². The summed E-state index contributed by atoms with van der Waals surface area (Å²) in [6.45, 7) is 0.0311. The zero-order valence-electron chi connectivity index (χ0n) is 20.8. The van der Waals surface area contributed by atoms with E-state index in [9.17, 15) is 14.0 Å². The minimum Gasteiger partial charge on any atom is -0.351 e. The summed E-state index contributed by atoms with van der Waals surface area (Å²) >= 11 is 0. The van der Waals surface area contributed by atoms with E-state index in [2.05, 4.69) is 5.32 Å². The van der Waals surface area contributed by atoms with Gasteiger partial charge in [0.05, 0.1) is 0 Å². The fraction of sp³-hybridized carbons (Fsp3) is 0.448. The molecule has 1 saturated carbocycles. The smallest absolute Gasteiger partial charge is 0.247 e. The number of carbonyl (C=O) groups excluding carboxylic acids is 2. The molecule has 0 unspecified atom stereocenters. The number of amides is 2. The Kier molecular flexibility index (Phi) is 7.10. The Hall–Kier alpha value is -3.19. The highest BCUT2D eigenvalue weighted by molar-refractivity contribution is 6.00. The molecule has 3 aromatic rings. The Morgan fingerprint density at radius 1 is 1.06 bits per heavy atom. The number of halogens is 1. The number of rotatable bonds is 6. The molecule has 2 heterocycles. The molecule has 3 atom stereocenters. The summed E-state index contributed by atoms with van der Waals surface area (Å²) < 4.78 is 15.1. The molecule has 0 spiro atoms. The Bertz CT molecular complexity index is 1220. The van der Waals surface area contributed by atoms with Gasteiger partial charge in [0.2, 0.25) is 11.8 Å². The van der Waals surface area contributed by atoms with Crippen LogP contribution in [0.5, 0.6) is 0 Å². The van der Waals surface area contributed by atoms with Crippen LogP contribution >= 0.6 is 0 Å². The number of aryl methyl sites for hydroxylation is 1. The van der Waals surface area contributed by atoms with Gasteiger partial charge in [0.15, 0.2) is 0 Å². The second kappa shape index (κ2) is 10.4. The maximum absolute atomic E-state index is 13.7. The van der Waals surface area contributed by atoms with Crippen LogP contribution in [0.2, 0.25) is 0 Å². The Morgan fingerprint density at radius 3 is 2.53 bits per heavy atom. The zero-order valence-corrected chi connectivity index (χ0v) is 20.8. The van der Waals surface area contributed by atoms with Crippen LogP contribution in [-0.4, -0.2) is 46.6 Å². The highest BCUT2D eigenvalue weighted by Crippen LogP contribution is 2.38. The molecule has 0 radical (unpaired) electrons. The molecule has 5 rings (SSSR count). The third-order valence-corrected chi connectivity index (χ3v) is 8.23. The van der Waals surface area contributed by atoms with E-state index in [1.807, 2.05) is 72.4 Å². The molecule has 1 aliphatic heterocycles. The second-order valence-corrected chi connectivity index (χ2v) is 10.4. The lowest BCUT2D eigenvalue weighted by Gasteiger charge is -2.35. The van der Waals surface area contributed by atoms with Gasteiger partial charge in [0.25, 0.3) is 0 Å². The minimum absolute atomic E-state index is 0.0411. The standard InChI is InChI=1S/C29H35FN4O2/c1-33-15-13-22-17-23(11-12-26(22)33)32-28(35)27-24(19-5-3-2-4-6-19)14-16-34(27)29(36)21-9-7-20(8-10-21)25(31)18-30/h2-6,11-13,15,17,20-21,24-25,27H,7-10,14,16,18,31H2,1H3,(H,32,35)/t20?,21?,24-,25+,27-/m0/s1. The van der Waals surface area contributed by atoms with Crippen molar-refractivity contribution in [2.45, 2.75) is 50.1 Å². The van der Waals surface area contributed by atoms with Gasteiger partial charge in [-0.3, -0.25) is 9.59 Å². The molecular weight excluding hydrogens is 455 g/mol. The first-order chi connectivity index (χ1) is 17.5. The van der Waals surface area contributed by atoms with Crippen molar-refractivity contribution < 1.29 is 14.0 Å².